The van der Waals surface area contributed by atoms with Gasteiger partial charge in [0.15, 0.2) is 0 Å². The van der Waals surface area contributed by atoms with Gasteiger partial charge in [-0.25, -0.2) is 4.68 Å². The molecular formula is C13H16BrN3O. The lowest BCUT2D eigenvalue weighted by Crippen LogP contribution is -2.22. The fourth-order valence-corrected chi connectivity index (χ4v) is 2.63. The van der Waals surface area contributed by atoms with Crippen molar-refractivity contribution in [3.8, 4) is 5.69 Å². The molecular weight excluding hydrogens is 294 g/mol. The molecule has 96 valence electrons. The Morgan fingerprint density at radius 1 is 1.28 bits per heavy atom. The van der Waals surface area contributed by atoms with Gasteiger partial charge in [-0.3, -0.25) is 9.48 Å². The van der Waals surface area contributed by atoms with Gasteiger partial charge in [-0.15, -0.1) is 0 Å². The van der Waals surface area contributed by atoms with Crippen LogP contribution >= 0.6 is 15.9 Å². The van der Waals surface area contributed by atoms with Gasteiger partial charge < -0.3 is 5.73 Å². The molecule has 1 aromatic carbocycles. The minimum absolute atomic E-state index is 0.152. The number of nitrogens with zero attached hydrogens (tertiary/aromatic N) is 2. The average Bonchev–Trinajstić information content (AvgIpc) is 2.62. The molecule has 2 rings (SSSR count). The summed E-state index contributed by atoms with van der Waals surface area (Å²) in [6.07, 6.45) is 0.742. The number of nitrogens with two attached hydrogens (primary N) is 1. The van der Waals surface area contributed by atoms with Crippen molar-refractivity contribution < 1.29 is 0 Å². The highest BCUT2D eigenvalue weighted by atomic mass is 79.9. The zero-order valence-corrected chi connectivity index (χ0v) is 12.1. The smallest absolute Gasteiger partial charge is 0.294 e. The van der Waals surface area contributed by atoms with Crippen LogP contribution in [0, 0.1) is 0 Å². The molecule has 2 aromatic rings. The first-order chi connectivity index (χ1) is 8.61. The van der Waals surface area contributed by atoms with Crippen LogP contribution in [-0.4, -0.2) is 9.36 Å². The van der Waals surface area contributed by atoms with Gasteiger partial charge in [-0.2, -0.15) is 0 Å². The largest absolute Gasteiger partial charge is 0.393 e. The Morgan fingerprint density at radius 3 is 2.50 bits per heavy atom. The van der Waals surface area contributed by atoms with Crippen LogP contribution in [0.1, 0.15) is 19.5 Å². The lowest BCUT2D eigenvalue weighted by molar-refractivity contribution is 0.550. The Hall–Kier alpha value is -1.49. The predicted molar refractivity (Wildman–Crippen MR) is 77.2 cm³/mol. The fraction of sp³-hybridized carbons (Fsp3) is 0.308. The van der Waals surface area contributed by atoms with E-state index in [1.54, 1.807) is 4.68 Å². The van der Waals surface area contributed by atoms with Gasteiger partial charge in [0.1, 0.15) is 5.69 Å². The van der Waals surface area contributed by atoms with Crippen LogP contribution in [0.3, 0.4) is 0 Å². The van der Waals surface area contributed by atoms with Gasteiger partial charge in [0, 0.05) is 11.0 Å². The minimum Gasteiger partial charge on any atom is -0.393 e. The molecule has 0 saturated carbocycles. The van der Waals surface area contributed by atoms with E-state index in [0.29, 0.717) is 12.2 Å². The summed E-state index contributed by atoms with van der Waals surface area (Å²) in [6, 6.07) is 7.64. The molecule has 5 heteroatoms. The molecule has 0 atom stereocenters. The standard InChI is InChI=1S/C13H16BrN3O/c1-3-10-12(15)13(18)17(16(10)4-2)11-8-6-5-7-9(11)14/h5-8H,3-4,15H2,1-2H3. The molecule has 0 saturated heterocycles. The van der Waals surface area contributed by atoms with Crippen LogP contribution in [-0.2, 0) is 13.0 Å². The van der Waals surface area contributed by atoms with Crippen LogP contribution in [0.5, 0.6) is 0 Å². The van der Waals surface area contributed by atoms with Crippen LogP contribution in [0.25, 0.3) is 5.69 Å². The molecule has 0 bridgehead atoms. The highest BCUT2D eigenvalue weighted by Gasteiger charge is 2.17. The number of para-hydroxylation sites is 1. The van der Waals surface area contributed by atoms with Crippen LogP contribution in [0.2, 0.25) is 0 Å². The number of nitrogen functional groups attached to an aromatic ring is 1. The van der Waals surface area contributed by atoms with E-state index >= 15 is 0 Å². The van der Waals surface area contributed by atoms with Gasteiger partial charge in [0.25, 0.3) is 5.56 Å². The van der Waals surface area contributed by atoms with Crippen molar-refractivity contribution in [2.45, 2.75) is 26.8 Å². The third kappa shape index (κ3) is 1.88. The number of hydrogen-bond acceptors (Lipinski definition) is 2. The maximum absolute atomic E-state index is 12.3. The summed E-state index contributed by atoms with van der Waals surface area (Å²) < 4.78 is 4.44. The van der Waals surface area contributed by atoms with Gasteiger partial charge in [0.05, 0.1) is 11.4 Å². The Bertz CT molecular complexity index is 628. The lowest BCUT2D eigenvalue weighted by atomic mass is 10.3. The second-order valence-electron chi connectivity index (χ2n) is 4.00. The minimum atomic E-state index is -0.152. The second kappa shape index (κ2) is 5.02. The molecule has 2 N–H and O–H groups in total. The number of benzene rings is 1. The third-order valence-electron chi connectivity index (χ3n) is 3.00. The SMILES string of the molecule is CCc1c(N)c(=O)n(-c2ccccc2Br)n1CC. The van der Waals surface area contributed by atoms with Crippen LogP contribution < -0.4 is 11.3 Å². The number of hydrogen-bond donors (Lipinski definition) is 1. The van der Waals surface area contributed by atoms with Gasteiger partial charge >= 0.3 is 0 Å². The molecule has 0 aliphatic heterocycles. The second-order valence-corrected chi connectivity index (χ2v) is 4.85. The van der Waals surface area contributed by atoms with E-state index in [1.807, 2.05) is 42.8 Å². The Morgan fingerprint density at radius 2 is 1.94 bits per heavy atom. The lowest BCUT2D eigenvalue weighted by Gasteiger charge is -2.13. The zero-order valence-electron chi connectivity index (χ0n) is 10.5. The molecule has 1 aromatic heterocycles. The fourth-order valence-electron chi connectivity index (χ4n) is 2.18. The summed E-state index contributed by atoms with van der Waals surface area (Å²) in [5.41, 5.74) is 7.80. The molecule has 0 spiro atoms. The van der Waals surface area contributed by atoms with E-state index in [4.69, 9.17) is 5.73 Å². The first kappa shape index (κ1) is 13.0. The molecule has 18 heavy (non-hydrogen) atoms. The van der Waals surface area contributed by atoms with E-state index in [-0.39, 0.29) is 5.56 Å². The topological polar surface area (TPSA) is 53.0 Å². The number of halogens is 1. The number of rotatable bonds is 3. The maximum atomic E-state index is 12.3. The van der Waals surface area contributed by atoms with Crippen molar-refractivity contribution in [1.82, 2.24) is 9.36 Å². The Kier molecular flexibility index (Phi) is 3.61. The summed E-state index contributed by atoms with van der Waals surface area (Å²) >= 11 is 3.47. The van der Waals surface area contributed by atoms with Gasteiger partial charge in [-0.05, 0) is 41.4 Å². The van der Waals surface area contributed by atoms with E-state index in [1.165, 1.54) is 0 Å². The summed E-state index contributed by atoms with van der Waals surface area (Å²) in [5.74, 6) is 0. The van der Waals surface area contributed by atoms with Crippen molar-refractivity contribution in [2.75, 3.05) is 5.73 Å². The van der Waals surface area contributed by atoms with Crippen molar-refractivity contribution in [2.24, 2.45) is 0 Å². The van der Waals surface area contributed by atoms with Crippen molar-refractivity contribution in [1.29, 1.82) is 0 Å². The summed E-state index contributed by atoms with van der Waals surface area (Å²) in [7, 11) is 0. The highest BCUT2D eigenvalue weighted by molar-refractivity contribution is 9.10. The van der Waals surface area contributed by atoms with E-state index < -0.39 is 0 Å². The molecule has 0 unspecified atom stereocenters. The van der Waals surface area contributed by atoms with Crippen molar-refractivity contribution in [3.63, 3.8) is 0 Å². The van der Waals surface area contributed by atoms with Crippen LogP contribution in [0.15, 0.2) is 33.5 Å². The van der Waals surface area contributed by atoms with E-state index in [0.717, 1.165) is 22.3 Å². The highest BCUT2D eigenvalue weighted by Crippen LogP contribution is 2.21. The van der Waals surface area contributed by atoms with E-state index in [9.17, 15) is 4.79 Å². The first-order valence-corrected chi connectivity index (χ1v) is 6.76. The monoisotopic (exact) mass is 309 g/mol. The molecule has 0 radical (unpaired) electrons. The quantitative estimate of drug-likeness (QED) is 0.947. The molecule has 1 heterocycles. The molecule has 0 aliphatic carbocycles. The first-order valence-electron chi connectivity index (χ1n) is 5.96. The van der Waals surface area contributed by atoms with Gasteiger partial charge in [0.2, 0.25) is 0 Å². The number of aromatic nitrogens is 2. The summed E-state index contributed by atoms with van der Waals surface area (Å²) in [5, 5.41) is 0. The zero-order chi connectivity index (χ0) is 13.3. The summed E-state index contributed by atoms with van der Waals surface area (Å²) in [6.45, 7) is 4.71. The number of anilines is 1. The van der Waals surface area contributed by atoms with Crippen LogP contribution in [0.4, 0.5) is 5.69 Å². The summed E-state index contributed by atoms with van der Waals surface area (Å²) in [4.78, 5) is 12.3. The maximum Gasteiger partial charge on any atom is 0.294 e. The normalized spacial score (nSPS) is 10.8. The van der Waals surface area contributed by atoms with Crippen molar-refractivity contribution >= 4 is 21.6 Å². The average molecular weight is 310 g/mol. The van der Waals surface area contributed by atoms with Gasteiger partial charge in [-0.1, -0.05) is 19.1 Å². The molecule has 0 fully saturated rings. The Balaban J connectivity index is 2.80. The predicted octanol–water partition coefficient (Wildman–Crippen LogP) is 2.57. The molecule has 0 aliphatic rings. The van der Waals surface area contributed by atoms with Crippen molar-refractivity contribution in [3.05, 3.63) is 44.8 Å². The third-order valence-corrected chi connectivity index (χ3v) is 3.67. The Labute approximate surface area is 114 Å². The molecule has 0 amide bonds. The van der Waals surface area contributed by atoms with E-state index in [2.05, 4.69) is 15.9 Å². The molecule has 4 nitrogen and oxygen atoms in total.